The quantitative estimate of drug-likeness (QED) is 0.588. The first-order valence-corrected chi connectivity index (χ1v) is 6.49. The molecule has 1 amide bonds. The van der Waals surface area contributed by atoms with Gasteiger partial charge in [0.2, 0.25) is 5.91 Å². The summed E-state index contributed by atoms with van der Waals surface area (Å²) in [7, 11) is 0. The lowest BCUT2D eigenvalue weighted by atomic mass is 10.1. The SMILES string of the molecule is CSC(CO)C(C)NC(=O)C(C)CCN. The van der Waals surface area contributed by atoms with Crippen molar-refractivity contribution in [1.29, 1.82) is 0 Å². The minimum Gasteiger partial charge on any atom is -0.395 e. The van der Waals surface area contributed by atoms with Crippen LogP contribution in [0.5, 0.6) is 0 Å². The van der Waals surface area contributed by atoms with E-state index < -0.39 is 0 Å². The molecule has 0 spiro atoms. The number of rotatable bonds is 7. The first kappa shape index (κ1) is 14.7. The van der Waals surface area contributed by atoms with Crippen LogP contribution in [0.1, 0.15) is 20.3 Å². The Kier molecular flexibility index (Phi) is 7.82. The lowest BCUT2D eigenvalue weighted by Gasteiger charge is -2.23. The first-order chi connectivity index (χ1) is 7.06. The molecule has 0 aliphatic rings. The molecule has 0 rings (SSSR count). The van der Waals surface area contributed by atoms with Crippen LogP contribution < -0.4 is 11.1 Å². The highest BCUT2D eigenvalue weighted by molar-refractivity contribution is 7.99. The molecule has 0 heterocycles. The van der Waals surface area contributed by atoms with Crippen LogP contribution >= 0.6 is 11.8 Å². The maximum absolute atomic E-state index is 11.6. The number of aliphatic hydroxyl groups excluding tert-OH is 1. The molecule has 0 fully saturated rings. The van der Waals surface area contributed by atoms with E-state index in [1.165, 1.54) is 0 Å². The molecule has 0 radical (unpaired) electrons. The largest absolute Gasteiger partial charge is 0.395 e. The highest BCUT2D eigenvalue weighted by Gasteiger charge is 2.19. The molecule has 0 aromatic rings. The summed E-state index contributed by atoms with van der Waals surface area (Å²) in [6.45, 7) is 4.37. The van der Waals surface area contributed by atoms with E-state index in [4.69, 9.17) is 10.8 Å². The van der Waals surface area contributed by atoms with Crippen LogP contribution in [0.2, 0.25) is 0 Å². The lowest BCUT2D eigenvalue weighted by Crippen LogP contribution is -2.43. The van der Waals surface area contributed by atoms with E-state index in [1.807, 2.05) is 20.1 Å². The van der Waals surface area contributed by atoms with Crippen LogP contribution in [-0.2, 0) is 4.79 Å². The Labute approximate surface area is 96.0 Å². The molecule has 3 unspecified atom stereocenters. The van der Waals surface area contributed by atoms with Crippen LogP contribution in [0.3, 0.4) is 0 Å². The fourth-order valence-corrected chi connectivity index (χ4v) is 1.90. The fourth-order valence-electron chi connectivity index (χ4n) is 1.28. The number of nitrogens with one attached hydrogen (secondary N) is 1. The second kappa shape index (κ2) is 7.96. The van der Waals surface area contributed by atoms with Crippen LogP contribution in [0.4, 0.5) is 0 Å². The molecular weight excluding hydrogens is 212 g/mol. The molecule has 5 heteroatoms. The van der Waals surface area contributed by atoms with Gasteiger partial charge in [-0.05, 0) is 26.1 Å². The van der Waals surface area contributed by atoms with Crippen molar-refractivity contribution in [2.75, 3.05) is 19.4 Å². The number of thioether (sulfide) groups is 1. The Morgan fingerprint density at radius 2 is 2.13 bits per heavy atom. The third-order valence-electron chi connectivity index (χ3n) is 2.46. The van der Waals surface area contributed by atoms with Crippen molar-refractivity contribution in [2.24, 2.45) is 11.7 Å². The second-order valence-electron chi connectivity index (χ2n) is 3.73. The summed E-state index contributed by atoms with van der Waals surface area (Å²) in [5.74, 6) is -0.0425. The second-order valence-corrected chi connectivity index (χ2v) is 4.81. The van der Waals surface area contributed by atoms with E-state index >= 15 is 0 Å². The monoisotopic (exact) mass is 234 g/mol. The van der Waals surface area contributed by atoms with Crippen molar-refractivity contribution in [1.82, 2.24) is 5.32 Å². The van der Waals surface area contributed by atoms with Gasteiger partial charge in [0.1, 0.15) is 0 Å². The normalized spacial score (nSPS) is 16.9. The van der Waals surface area contributed by atoms with Gasteiger partial charge in [-0.15, -0.1) is 0 Å². The molecule has 0 aromatic heterocycles. The van der Waals surface area contributed by atoms with Gasteiger partial charge in [0.15, 0.2) is 0 Å². The summed E-state index contributed by atoms with van der Waals surface area (Å²) in [5, 5.41) is 12.0. The van der Waals surface area contributed by atoms with Crippen LogP contribution in [0, 0.1) is 5.92 Å². The molecule has 0 saturated heterocycles. The third kappa shape index (κ3) is 5.39. The number of carbonyl (C=O) groups is 1. The molecule has 0 bridgehead atoms. The molecule has 0 saturated carbocycles. The zero-order valence-corrected chi connectivity index (χ0v) is 10.5. The molecule has 0 aromatic carbocycles. The van der Waals surface area contributed by atoms with Crippen molar-refractivity contribution < 1.29 is 9.90 Å². The molecule has 90 valence electrons. The van der Waals surface area contributed by atoms with Gasteiger partial charge in [0.05, 0.1) is 6.61 Å². The van der Waals surface area contributed by atoms with E-state index in [2.05, 4.69) is 5.32 Å². The average molecular weight is 234 g/mol. The van der Waals surface area contributed by atoms with Gasteiger partial charge >= 0.3 is 0 Å². The van der Waals surface area contributed by atoms with E-state index in [-0.39, 0.29) is 29.7 Å². The maximum Gasteiger partial charge on any atom is 0.223 e. The third-order valence-corrected chi connectivity index (χ3v) is 3.62. The van der Waals surface area contributed by atoms with E-state index in [9.17, 15) is 4.79 Å². The highest BCUT2D eigenvalue weighted by Crippen LogP contribution is 2.11. The summed E-state index contributed by atoms with van der Waals surface area (Å²) in [5.41, 5.74) is 5.39. The van der Waals surface area contributed by atoms with Crippen molar-refractivity contribution in [3.8, 4) is 0 Å². The summed E-state index contributed by atoms with van der Waals surface area (Å²) >= 11 is 1.56. The number of nitrogens with two attached hydrogens (primary N) is 1. The Hall–Kier alpha value is -0.260. The van der Waals surface area contributed by atoms with Crippen LogP contribution in [0.15, 0.2) is 0 Å². The zero-order valence-electron chi connectivity index (χ0n) is 9.69. The summed E-state index contributed by atoms with van der Waals surface area (Å²) in [6.07, 6.45) is 2.62. The van der Waals surface area contributed by atoms with Gasteiger partial charge in [-0.25, -0.2) is 0 Å². The standard InChI is InChI=1S/C10H22N2O2S/c1-7(4-5-11)10(14)12-8(2)9(6-13)15-3/h7-9,13H,4-6,11H2,1-3H3,(H,12,14). The Morgan fingerprint density at radius 3 is 2.53 bits per heavy atom. The van der Waals surface area contributed by atoms with E-state index in [1.54, 1.807) is 11.8 Å². The predicted molar refractivity (Wildman–Crippen MR) is 64.8 cm³/mol. The topological polar surface area (TPSA) is 75.3 Å². The van der Waals surface area contributed by atoms with Crippen LogP contribution in [-0.4, -0.2) is 41.7 Å². The van der Waals surface area contributed by atoms with Gasteiger partial charge in [-0.3, -0.25) is 4.79 Å². The Balaban J connectivity index is 4.04. The van der Waals surface area contributed by atoms with E-state index in [0.717, 1.165) is 0 Å². The Bertz CT molecular complexity index is 186. The zero-order chi connectivity index (χ0) is 11.8. The molecule has 4 nitrogen and oxygen atoms in total. The Morgan fingerprint density at radius 1 is 1.53 bits per heavy atom. The summed E-state index contributed by atoms with van der Waals surface area (Å²) < 4.78 is 0. The number of aliphatic hydroxyl groups is 1. The predicted octanol–water partition coefficient (Wildman–Crippen LogP) is 0.200. The molecule has 0 aliphatic heterocycles. The van der Waals surface area contributed by atoms with Crippen molar-refractivity contribution in [3.63, 3.8) is 0 Å². The minimum absolute atomic E-state index is 0.0143. The lowest BCUT2D eigenvalue weighted by molar-refractivity contribution is -0.125. The molecule has 0 aliphatic carbocycles. The van der Waals surface area contributed by atoms with Gasteiger partial charge < -0.3 is 16.2 Å². The van der Waals surface area contributed by atoms with Crippen molar-refractivity contribution in [2.45, 2.75) is 31.6 Å². The molecular formula is C10H22N2O2S. The first-order valence-electron chi connectivity index (χ1n) is 5.20. The fraction of sp³-hybridized carbons (Fsp3) is 0.900. The van der Waals surface area contributed by atoms with Gasteiger partial charge in [-0.1, -0.05) is 6.92 Å². The summed E-state index contributed by atoms with van der Waals surface area (Å²) in [6, 6.07) is -0.0160. The van der Waals surface area contributed by atoms with E-state index in [0.29, 0.717) is 13.0 Å². The number of hydrogen-bond donors (Lipinski definition) is 3. The minimum atomic E-state index is -0.0568. The molecule has 4 N–H and O–H groups in total. The van der Waals surface area contributed by atoms with Gasteiger partial charge in [-0.2, -0.15) is 11.8 Å². The van der Waals surface area contributed by atoms with Crippen molar-refractivity contribution in [3.05, 3.63) is 0 Å². The van der Waals surface area contributed by atoms with Gasteiger partial charge in [0.25, 0.3) is 0 Å². The number of carbonyl (C=O) groups excluding carboxylic acids is 1. The highest BCUT2D eigenvalue weighted by atomic mass is 32.2. The average Bonchev–Trinajstić information content (AvgIpc) is 2.19. The smallest absolute Gasteiger partial charge is 0.223 e. The van der Waals surface area contributed by atoms with Crippen molar-refractivity contribution >= 4 is 17.7 Å². The summed E-state index contributed by atoms with van der Waals surface area (Å²) in [4.78, 5) is 11.6. The van der Waals surface area contributed by atoms with Gasteiger partial charge in [0, 0.05) is 17.2 Å². The van der Waals surface area contributed by atoms with Crippen LogP contribution in [0.25, 0.3) is 0 Å². The number of amides is 1. The molecule has 3 atom stereocenters. The number of hydrogen-bond acceptors (Lipinski definition) is 4. The maximum atomic E-state index is 11.6. The molecule has 15 heavy (non-hydrogen) atoms.